The van der Waals surface area contributed by atoms with Crippen molar-refractivity contribution in [2.45, 2.75) is 45.3 Å². The van der Waals surface area contributed by atoms with Crippen LogP contribution in [0.2, 0.25) is 0 Å². The lowest BCUT2D eigenvalue weighted by Crippen LogP contribution is -2.37. The number of amides is 1. The van der Waals surface area contributed by atoms with Crippen LogP contribution in [0.25, 0.3) is 22.0 Å². The first-order chi connectivity index (χ1) is 22.4. The van der Waals surface area contributed by atoms with Crippen LogP contribution in [0.3, 0.4) is 0 Å². The van der Waals surface area contributed by atoms with Crippen LogP contribution in [0.1, 0.15) is 43.7 Å². The van der Waals surface area contributed by atoms with E-state index in [1.165, 1.54) is 6.33 Å². The number of fused-ring (bicyclic) bond motifs is 1. The number of hydrogen-bond donors (Lipinski definition) is 4. The molecule has 1 unspecified atom stereocenters. The smallest absolute Gasteiger partial charge is 0.320 e. The quantitative estimate of drug-likeness (QED) is 0.161. The maximum absolute atomic E-state index is 12.4. The number of aromatic amines is 1. The molecule has 4 aromatic rings. The molecule has 2 aromatic heterocycles. The molecule has 0 spiro atoms. The second-order valence-corrected chi connectivity index (χ2v) is 11.8. The SMILES string of the molecule is CC(C)c1c[nH]ncnc(OC2CCCNC2)nc1NCc1ccccc1-c1nccc2cc(NC(=O)/C=C/CN(C)C)ccc12. The lowest BCUT2D eigenvalue weighted by Gasteiger charge is -2.22. The average molecular weight is 622 g/mol. The third-order valence-electron chi connectivity index (χ3n) is 7.64. The summed E-state index contributed by atoms with van der Waals surface area (Å²) in [6.07, 6.45) is 10.5. The Morgan fingerprint density at radius 2 is 2.02 bits per heavy atom. The van der Waals surface area contributed by atoms with Gasteiger partial charge in [-0.2, -0.15) is 15.1 Å². The minimum absolute atomic E-state index is 0.00219. The highest BCUT2D eigenvalue weighted by Gasteiger charge is 2.17. The van der Waals surface area contributed by atoms with E-state index in [0.29, 0.717) is 18.9 Å². The van der Waals surface area contributed by atoms with Crippen molar-refractivity contribution in [2.24, 2.45) is 0 Å². The number of H-pyrrole nitrogens is 1. The Morgan fingerprint density at radius 3 is 2.83 bits per heavy atom. The fourth-order valence-electron chi connectivity index (χ4n) is 5.29. The second kappa shape index (κ2) is 15.9. The maximum Gasteiger partial charge on any atom is 0.320 e. The van der Waals surface area contributed by atoms with Gasteiger partial charge >= 0.3 is 6.01 Å². The maximum atomic E-state index is 12.4. The number of rotatable bonds is 11. The van der Waals surface area contributed by atoms with Gasteiger partial charge in [-0.25, -0.2) is 0 Å². The van der Waals surface area contributed by atoms with Gasteiger partial charge in [0.2, 0.25) is 5.91 Å². The summed E-state index contributed by atoms with van der Waals surface area (Å²) in [7, 11) is 3.92. The Labute approximate surface area is 270 Å². The molecule has 1 fully saturated rings. The van der Waals surface area contributed by atoms with Crippen LogP contribution in [-0.4, -0.2) is 75.8 Å². The van der Waals surface area contributed by atoms with Crippen molar-refractivity contribution in [3.05, 3.63) is 90.5 Å². The standard InChI is InChI=1S/C35H43N9O2/c1-24(2)31-22-40-41-23-39-35(46-28-10-7-16-36-21-28)43-34(31)38-20-26-9-5-6-11-29(26)33-30-14-13-27(19-25(30)15-17-37-33)42-32(45)12-8-18-44(3)4/h5-6,8-9,11-15,17,19,22-24,28,36,40H,7,10,16,18,20-21H2,1-4H3,(H,42,45)(H,38,39,41,43)/b12-8+,31-22?. The lowest BCUT2D eigenvalue weighted by atomic mass is 9.99. The summed E-state index contributed by atoms with van der Waals surface area (Å²) in [5.41, 5.74) is 4.59. The number of likely N-dealkylation sites (N-methyl/N-ethyl adjacent to an activating group) is 1. The number of carbonyl (C=O) groups is 1. The molecule has 0 bridgehead atoms. The molecule has 1 atom stereocenters. The van der Waals surface area contributed by atoms with Gasteiger partial charge in [0.15, 0.2) is 0 Å². The van der Waals surface area contributed by atoms with Crippen molar-refractivity contribution in [3.63, 3.8) is 0 Å². The molecule has 2 aromatic carbocycles. The summed E-state index contributed by atoms with van der Waals surface area (Å²) >= 11 is 0. The molecular weight excluding hydrogens is 578 g/mol. The lowest BCUT2D eigenvalue weighted by molar-refractivity contribution is -0.111. The molecule has 4 N–H and O–H groups in total. The Balaban J connectivity index is 1.43. The molecule has 3 heterocycles. The monoisotopic (exact) mass is 621 g/mol. The van der Waals surface area contributed by atoms with Gasteiger partial charge in [-0.3, -0.25) is 14.9 Å². The van der Waals surface area contributed by atoms with E-state index in [1.807, 2.05) is 67.7 Å². The number of anilines is 2. The highest BCUT2D eigenvalue weighted by molar-refractivity contribution is 6.02. The summed E-state index contributed by atoms with van der Waals surface area (Å²) in [6, 6.07) is 16.3. The zero-order chi connectivity index (χ0) is 32.3. The van der Waals surface area contributed by atoms with Crippen LogP contribution in [0.4, 0.5) is 11.5 Å². The number of nitrogens with zero attached hydrogens (tertiary/aromatic N) is 5. The molecule has 0 saturated carbocycles. The van der Waals surface area contributed by atoms with Crippen molar-refractivity contribution >= 4 is 28.2 Å². The average Bonchev–Trinajstić information content (AvgIpc) is 3.14. The van der Waals surface area contributed by atoms with Crippen molar-refractivity contribution < 1.29 is 9.53 Å². The Hall–Kier alpha value is -4.87. The van der Waals surface area contributed by atoms with Crippen molar-refractivity contribution in [1.82, 2.24) is 35.4 Å². The van der Waals surface area contributed by atoms with E-state index < -0.39 is 0 Å². The van der Waals surface area contributed by atoms with Gasteiger partial charge < -0.3 is 25.6 Å². The highest BCUT2D eigenvalue weighted by Crippen LogP contribution is 2.31. The van der Waals surface area contributed by atoms with E-state index in [1.54, 1.807) is 12.3 Å². The van der Waals surface area contributed by atoms with E-state index in [4.69, 9.17) is 14.7 Å². The van der Waals surface area contributed by atoms with Gasteiger partial charge in [-0.05, 0) is 68.5 Å². The third-order valence-corrected chi connectivity index (χ3v) is 7.64. The van der Waals surface area contributed by atoms with Crippen molar-refractivity contribution in [2.75, 3.05) is 44.4 Å². The first-order valence-electron chi connectivity index (χ1n) is 15.7. The first kappa shape index (κ1) is 32.5. The van der Waals surface area contributed by atoms with Crippen molar-refractivity contribution in [1.29, 1.82) is 0 Å². The van der Waals surface area contributed by atoms with Crippen LogP contribution in [0, 0.1) is 0 Å². The number of benzene rings is 2. The van der Waals surface area contributed by atoms with Gasteiger partial charge in [-0.1, -0.05) is 50.3 Å². The molecular formula is C35H43N9O2. The van der Waals surface area contributed by atoms with Gasteiger partial charge in [-0.15, -0.1) is 0 Å². The van der Waals surface area contributed by atoms with Gasteiger partial charge in [0.25, 0.3) is 0 Å². The largest absolute Gasteiger partial charge is 0.459 e. The molecule has 0 radical (unpaired) electrons. The fourth-order valence-corrected chi connectivity index (χ4v) is 5.29. The molecule has 240 valence electrons. The number of hydrogen-bond acceptors (Lipinski definition) is 9. The van der Waals surface area contributed by atoms with Crippen LogP contribution in [0.5, 0.6) is 6.01 Å². The Kier molecular flexibility index (Phi) is 11.3. The molecule has 46 heavy (non-hydrogen) atoms. The van der Waals surface area contributed by atoms with Crippen LogP contribution >= 0.6 is 0 Å². The van der Waals surface area contributed by atoms with Gasteiger partial charge in [0.05, 0.1) is 5.69 Å². The number of nitrogens with one attached hydrogen (secondary N) is 4. The number of piperidine rings is 1. The molecule has 1 aliphatic heterocycles. The van der Waals surface area contributed by atoms with Crippen LogP contribution < -0.4 is 20.7 Å². The fraction of sp³-hybridized carbons (Fsp3) is 0.343. The normalized spacial score (nSPS) is 14.9. The van der Waals surface area contributed by atoms with E-state index in [9.17, 15) is 4.79 Å². The zero-order valence-electron chi connectivity index (χ0n) is 27.0. The minimum Gasteiger partial charge on any atom is -0.459 e. The van der Waals surface area contributed by atoms with E-state index in [0.717, 1.165) is 64.8 Å². The number of ether oxygens (including phenoxy) is 1. The predicted molar refractivity (Wildman–Crippen MR) is 183 cm³/mol. The molecule has 5 rings (SSSR count). The van der Waals surface area contributed by atoms with E-state index in [2.05, 4.69) is 57.1 Å². The number of aromatic nitrogens is 5. The molecule has 11 heteroatoms. The molecule has 1 amide bonds. The van der Waals surface area contributed by atoms with E-state index in [-0.39, 0.29) is 23.9 Å². The zero-order valence-corrected chi connectivity index (χ0v) is 27.0. The first-order valence-corrected chi connectivity index (χ1v) is 15.7. The predicted octanol–water partition coefficient (Wildman–Crippen LogP) is 5.46. The second-order valence-electron chi connectivity index (χ2n) is 11.8. The Morgan fingerprint density at radius 1 is 1.15 bits per heavy atom. The molecule has 11 nitrogen and oxygen atoms in total. The number of pyridine rings is 1. The summed E-state index contributed by atoms with van der Waals surface area (Å²) in [5.74, 6) is 0.652. The van der Waals surface area contributed by atoms with Gasteiger partial charge in [0, 0.05) is 60.3 Å². The van der Waals surface area contributed by atoms with Crippen molar-refractivity contribution in [3.8, 4) is 17.3 Å². The van der Waals surface area contributed by atoms with E-state index >= 15 is 0 Å². The van der Waals surface area contributed by atoms with Crippen LogP contribution in [-0.2, 0) is 11.3 Å². The molecule has 0 aliphatic carbocycles. The Bertz CT molecular complexity index is 1710. The molecule has 1 saturated heterocycles. The summed E-state index contributed by atoms with van der Waals surface area (Å²) < 4.78 is 6.21. The summed E-state index contributed by atoms with van der Waals surface area (Å²) in [5, 5.41) is 19.0. The highest BCUT2D eigenvalue weighted by atomic mass is 16.5. The topological polar surface area (TPSA) is 133 Å². The molecule has 1 aliphatic rings. The summed E-state index contributed by atoms with van der Waals surface area (Å²) in [6.45, 7) is 7.16. The van der Waals surface area contributed by atoms with Gasteiger partial charge in [0.1, 0.15) is 18.2 Å². The summed E-state index contributed by atoms with van der Waals surface area (Å²) in [4.78, 5) is 28.5. The minimum atomic E-state index is -0.162. The third kappa shape index (κ3) is 8.86. The number of carbonyl (C=O) groups excluding carboxylic acids is 1. The van der Waals surface area contributed by atoms with Crippen LogP contribution in [0.15, 0.2) is 79.4 Å².